The van der Waals surface area contributed by atoms with Gasteiger partial charge in [-0.3, -0.25) is 0 Å². The summed E-state index contributed by atoms with van der Waals surface area (Å²) in [6.45, 7) is 2.12. The first-order chi connectivity index (χ1) is 7.35. The van der Waals surface area contributed by atoms with E-state index in [9.17, 15) is 0 Å². The number of rotatable bonds is 3. The Hall–Kier alpha value is -1.54. The average molecular weight is 201 g/mol. The maximum atomic E-state index is 8.84. The van der Waals surface area contributed by atoms with Gasteiger partial charge in [0.25, 0.3) is 0 Å². The van der Waals surface area contributed by atoms with Crippen LogP contribution in [0.3, 0.4) is 0 Å². The maximum absolute atomic E-state index is 8.84. The fourth-order valence-electron chi connectivity index (χ4n) is 1.88. The van der Waals surface area contributed by atoms with E-state index in [0.29, 0.717) is 0 Å². The van der Waals surface area contributed by atoms with Crippen LogP contribution in [0.4, 0.5) is 5.69 Å². The van der Waals surface area contributed by atoms with Crippen LogP contribution in [0.2, 0.25) is 0 Å². The highest BCUT2D eigenvalue weighted by Crippen LogP contribution is 2.24. The second-order valence-corrected chi connectivity index (χ2v) is 3.54. The van der Waals surface area contributed by atoms with Crippen molar-refractivity contribution in [1.29, 1.82) is 0 Å². The summed E-state index contributed by atoms with van der Waals surface area (Å²) in [7, 11) is 0. The summed E-state index contributed by atoms with van der Waals surface area (Å²) in [5, 5.41) is 14.3. The first-order valence-corrected chi connectivity index (χ1v) is 5.21. The van der Waals surface area contributed by atoms with Crippen LogP contribution in [-0.2, 0) is 6.42 Å². The molecule has 0 fully saturated rings. The van der Waals surface area contributed by atoms with Crippen LogP contribution in [0.25, 0.3) is 10.8 Å². The van der Waals surface area contributed by atoms with Crippen molar-refractivity contribution >= 4 is 16.5 Å². The van der Waals surface area contributed by atoms with Crippen LogP contribution in [0, 0.1) is 0 Å². The lowest BCUT2D eigenvalue weighted by molar-refractivity contribution is 0.325. The van der Waals surface area contributed by atoms with Crippen molar-refractivity contribution in [1.82, 2.24) is 0 Å². The third-order valence-corrected chi connectivity index (χ3v) is 2.61. The number of fused-ring (bicyclic) bond motifs is 1. The zero-order valence-corrected chi connectivity index (χ0v) is 8.83. The van der Waals surface area contributed by atoms with E-state index in [1.165, 1.54) is 16.3 Å². The van der Waals surface area contributed by atoms with Crippen molar-refractivity contribution in [3.63, 3.8) is 0 Å². The van der Waals surface area contributed by atoms with E-state index in [-0.39, 0.29) is 6.73 Å². The minimum atomic E-state index is -0.0263. The van der Waals surface area contributed by atoms with Gasteiger partial charge in [-0.05, 0) is 34.9 Å². The highest BCUT2D eigenvalue weighted by molar-refractivity contribution is 5.89. The molecule has 2 rings (SSSR count). The van der Waals surface area contributed by atoms with Gasteiger partial charge in [0.1, 0.15) is 6.73 Å². The Morgan fingerprint density at radius 2 is 2.00 bits per heavy atom. The molecule has 0 aliphatic heterocycles. The molecule has 0 aliphatic rings. The number of benzene rings is 2. The number of anilines is 1. The Labute approximate surface area is 89.6 Å². The minimum absolute atomic E-state index is 0.0263. The Morgan fingerprint density at radius 1 is 1.20 bits per heavy atom. The quantitative estimate of drug-likeness (QED) is 0.748. The predicted molar refractivity (Wildman–Crippen MR) is 64.0 cm³/mol. The van der Waals surface area contributed by atoms with Gasteiger partial charge in [0, 0.05) is 5.69 Å². The van der Waals surface area contributed by atoms with Crippen molar-refractivity contribution in [2.24, 2.45) is 0 Å². The van der Waals surface area contributed by atoms with Crippen molar-refractivity contribution in [3.05, 3.63) is 42.0 Å². The van der Waals surface area contributed by atoms with Gasteiger partial charge in [0.15, 0.2) is 0 Å². The number of hydrogen-bond acceptors (Lipinski definition) is 2. The lowest BCUT2D eigenvalue weighted by Gasteiger charge is -2.09. The summed E-state index contributed by atoms with van der Waals surface area (Å²) in [6.07, 6.45) is 1.00. The maximum Gasteiger partial charge on any atom is 0.113 e. The summed E-state index contributed by atoms with van der Waals surface area (Å²) >= 11 is 0. The van der Waals surface area contributed by atoms with E-state index < -0.39 is 0 Å². The van der Waals surface area contributed by atoms with E-state index in [1.54, 1.807) is 0 Å². The van der Waals surface area contributed by atoms with Crippen LogP contribution in [0.1, 0.15) is 12.5 Å². The molecule has 0 atom stereocenters. The van der Waals surface area contributed by atoms with E-state index in [2.05, 4.69) is 42.6 Å². The van der Waals surface area contributed by atoms with E-state index in [0.717, 1.165) is 12.1 Å². The summed E-state index contributed by atoms with van der Waals surface area (Å²) in [5.41, 5.74) is 2.29. The molecule has 0 amide bonds. The Morgan fingerprint density at radius 3 is 2.73 bits per heavy atom. The van der Waals surface area contributed by atoms with Crippen LogP contribution in [0.5, 0.6) is 0 Å². The molecule has 0 spiro atoms. The second-order valence-electron chi connectivity index (χ2n) is 3.54. The Kier molecular flexibility index (Phi) is 2.88. The second kappa shape index (κ2) is 4.32. The smallest absolute Gasteiger partial charge is 0.113 e. The molecule has 2 aromatic rings. The molecule has 0 aliphatic carbocycles. The fourth-order valence-corrected chi connectivity index (χ4v) is 1.88. The SMILES string of the molecule is CCc1cc(NCO)cc2ccccc12. The third kappa shape index (κ3) is 1.95. The lowest BCUT2D eigenvalue weighted by atomic mass is 10.0. The van der Waals surface area contributed by atoms with E-state index in [1.807, 2.05) is 6.07 Å². The molecule has 0 unspecified atom stereocenters. The standard InChI is InChI=1S/C13H15NO/c1-2-10-7-12(14-9-15)8-11-5-3-4-6-13(10)11/h3-8,14-15H,2,9H2,1H3. The average Bonchev–Trinajstić information content (AvgIpc) is 2.28. The number of aliphatic hydroxyl groups is 1. The van der Waals surface area contributed by atoms with Crippen LogP contribution < -0.4 is 5.32 Å². The number of hydrogen-bond donors (Lipinski definition) is 2. The molecule has 0 aromatic heterocycles. The molecule has 0 saturated carbocycles. The predicted octanol–water partition coefficient (Wildman–Crippen LogP) is 2.76. The molecule has 15 heavy (non-hydrogen) atoms. The molecule has 2 N–H and O–H groups in total. The first kappa shape index (κ1) is 9.99. The monoisotopic (exact) mass is 201 g/mol. The van der Waals surface area contributed by atoms with E-state index >= 15 is 0 Å². The molecule has 0 radical (unpaired) electrons. The van der Waals surface area contributed by atoms with Gasteiger partial charge in [-0.2, -0.15) is 0 Å². The van der Waals surface area contributed by atoms with Crippen molar-refractivity contribution in [2.45, 2.75) is 13.3 Å². The Balaban J connectivity index is 2.60. The van der Waals surface area contributed by atoms with Gasteiger partial charge < -0.3 is 10.4 Å². The number of aryl methyl sites for hydroxylation is 1. The van der Waals surface area contributed by atoms with E-state index in [4.69, 9.17) is 5.11 Å². The lowest BCUT2D eigenvalue weighted by Crippen LogP contribution is -2.00. The summed E-state index contributed by atoms with van der Waals surface area (Å²) in [4.78, 5) is 0. The molecule has 2 heteroatoms. The largest absolute Gasteiger partial charge is 0.377 e. The number of nitrogens with one attached hydrogen (secondary N) is 1. The third-order valence-electron chi connectivity index (χ3n) is 2.61. The highest BCUT2D eigenvalue weighted by atomic mass is 16.3. The molecular formula is C13H15NO. The molecule has 2 nitrogen and oxygen atoms in total. The summed E-state index contributed by atoms with van der Waals surface area (Å²) < 4.78 is 0. The van der Waals surface area contributed by atoms with Gasteiger partial charge in [-0.25, -0.2) is 0 Å². The van der Waals surface area contributed by atoms with Gasteiger partial charge in [-0.1, -0.05) is 31.2 Å². The van der Waals surface area contributed by atoms with Gasteiger partial charge in [0.2, 0.25) is 0 Å². The van der Waals surface area contributed by atoms with Gasteiger partial charge in [-0.15, -0.1) is 0 Å². The first-order valence-electron chi connectivity index (χ1n) is 5.21. The van der Waals surface area contributed by atoms with Crippen LogP contribution in [-0.4, -0.2) is 11.8 Å². The summed E-state index contributed by atoms with van der Waals surface area (Å²) in [6, 6.07) is 12.5. The molecule has 0 heterocycles. The van der Waals surface area contributed by atoms with Crippen molar-refractivity contribution in [3.8, 4) is 0 Å². The van der Waals surface area contributed by atoms with Crippen LogP contribution in [0.15, 0.2) is 36.4 Å². The molecular weight excluding hydrogens is 186 g/mol. The normalized spacial score (nSPS) is 10.5. The van der Waals surface area contributed by atoms with Crippen molar-refractivity contribution in [2.75, 3.05) is 12.0 Å². The summed E-state index contributed by atoms with van der Waals surface area (Å²) in [5.74, 6) is 0. The highest BCUT2D eigenvalue weighted by Gasteiger charge is 2.01. The van der Waals surface area contributed by atoms with Crippen LogP contribution >= 0.6 is 0 Å². The molecule has 78 valence electrons. The fraction of sp³-hybridized carbons (Fsp3) is 0.231. The minimum Gasteiger partial charge on any atom is -0.377 e. The molecule has 2 aromatic carbocycles. The Bertz CT molecular complexity index is 465. The molecule has 0 bridgehead atoms. The zero-order valence-electron chi connectivity index (χ0n) is 8.83. The number of aliphatic hydroxyl groups excluding tert-OH is 1. The topological polar surface area (TPSA) is 32.3 Å². The van der Waals surface area contributed by atoms with Gasteiger partial charge >= 0.3 is 0 Å². The van der Waals surface area contributed by atoms with Gasteiger partial charge in [0.05, 0.1) is 0 Å². The van der Waals surface area contributed by atoms with Crippen molar-refractivity contribution < 1.29 is 5.11 Å². The zero-order chi connectivity index (χ0) is 10.7. The molecule has 0 saturated heterocycles.